The number of ether oxygens (including phenoxy) is 4. The van der Waals surface area contributed by atoms with Gasteiger partial charge in [0.2, 0.25) is 0 Å². The van der Waals surface area contributed by atoms with Crippen molar-refractivity contribution in [2.24, 2.45) is 20.0 Å². The molecule has 1 aliphatic rings. The van der Waals surface area contributed by atoms with Crippen LogP contribution < -0.4 is 18.9 Å². The van der Waals surface area contributed by atoms with Crippen LogP contribution in [0.3, 0.4) is 0 Å². The molecule has 6 aromatic rings. The summed E-state index contributed by atoms with van der Waals surface area (Å²) in [6.45, 7) is 23.1. The molecule has 16 nitrogen and oxygen atoms in total. The third kappa shape index (κ3) is 17.6. The molecule has 7 rings (SSSR count). The minimum Gasteiger partial charge on any atom is -0.507 e. The second kappa shape index (κ2) is 27.4. The molecule has 0 amide bonds. The summed E-state index contributed by atoms with van der Waals surface area (Å²) in [4.78, 5) is 72.2. The lowest BCUT2D eigenvalue weighted by molar-refractivity contribution is -0.136. The van der Waals surface area contributed by atoms with Crippen molar-refractivity contribution in [3.63, 3.8) is 0 Å². The zero-order valence-electron chi connectivity index (χ0n) is 51.5. The van der Waals surface area contributed by atoms with E-state index >= 15 is 0 Å². The first-order chi connectivity index (χ1) is 40.4. The molecule has 0 atom stereocenters. The number of benzene rings is 6. The second-order valence-corrected chi connectivity index (χ2v) is 25.7. The maximum Gasteiger partial charge on any atom is 0.311 e. The topological polar surface area (TPSA) is 236 Å². The molecule has 0 saturated carbocycles. The molecule has 1 heterocycles. The molecule has 0 aliphatic carbocycles. The number of fused-ring (bicyclic) bond motifs is 10. The van der Waals surface area contributed by atoms with Gasteiger partial charge in [-0.1, -0.05) is 120 Å². The molecule has 16 heteroatoms. The highest BCUT2D eigenvalue weighted by Gasteiger charge is 2.27. The monoisotopic (exact) mass is 1170 g/mol. The average Bonchev–Trinajstić information content (AvgIpc) is 2.57. The molecule has 0 spiro atoms. The molecule has 6 aromatic carbocycles. The van der Waals surface area contributed by atoms with Gasteiger partial charge in [0.15, 0.2) is 0 Å². The number of carbonyl (C=O) groups excluding carboxylic acids is 4. The van der Waals surface area contributed by atoms with Crippen molar-refractivity contribution in [3.8, 4) is 46.0 Å². The summed E-state index contributed by atoms with van der Waals surface area (Å²) < 4.78 is 23.4. The summed E-state index contributed by atoms with van der Waals surface area (Å²) in [5.41, 5.74) is 2.73. The first-order valence-corrected chi connectivity index (χ1v) is 29.1. The summed E-state index contributed by atoms with van der Waals surface area (Å²) >= 11 is 0. The Morgan fingerprint density at radius 3 is 0.698 bits per heavy atom. The van der Waals surface area contributed by atoms with Crippen molar-refractivity contribution in [2.75, 3.05) is 0 Å². The van der Waals surface area contributed by atoms with Gasteiger partial charge in [0.05, 0.1) is 22.7 Å². The van der Waals surface area contributed by atoms with Gasteiger partial charge in [-0.15, -0.1) is 0 Å². The van der Waals surface area contributed by atoms with Crippen LogP contribution in [0.25, 0.3) is 0 Å². The Morgan fingerprint density at radius 1 is 0.314 bits per heavy atom. The molecular weight excluding hydrogens is 1090 g/mol. The van der Waals surface area contributed by atoms with Crippen LogP contribution in [-0.2, 0) is 40.8 Å². The Morgan fingerprint density at radius 2 is 0.512 bits per heavy atom. The fourth-order valence-corrected chi connectivity index (χ4v) is 9.52. The molecular formula is C70H80N4O12. The van der Waals surface area contributed by atoms with Crippen LogP contribution in [0.1, 0.15) is 192 Å². The highest BCUT2D eigenvalue weighted by molar-refractivity contribution is 5.93. The van der Waals surface area contributed by atoms with Crippen molar-refractivity contribution in [1.29, 1.82) is 0 Å². The molecule has 4 N–H and O–H groups in total. The van der Waals surface area contributed by atoms with Crippen LogP contribution in [0.4, 0.5) is 22.7 Å². The number of esters is 4. The number of aliphatic imine (C=N–C) groups is 4. The van der Waals surface area contributed by atoms with Crippen molar-refractivity contribution >= 4 is 71.5 Å². The first-order valence-electron chi connectivity index (χ1n) is 29.1. The Bertz CT molecular complexity index is 3150. The number of para-hydroxylation sites is 4. The minimum atomic E-state index is -0.561. The van der Waals surface area contributed by atoms with Crippen LogP contribution in [-0.4, -0.2) is 69.2 Å². The number of carbonyl (C=O) groups is 4. The number of phenols is 4. The van der Waals surface area contributed by atoms with Crippen molar-refractivity contribution in [1.82, 2.24) is 0 Å². The largest absolute Gasteiger partial charge is 0.507 e. The standard InChI is InChI=1S/C70H80N4O12/c1-67(2,3)51-35-47-31-43(63(51)79)39-71-55-23-19-20-24-56(55)72-40-44-32-48(36-52(64(44)80)68(4,5)6)85-61(77)29-17-14-18-30-62(78)86-50-34-46(66(82)54(38-50)70(10,11)12)42-74-58-26-22-21-25-57(58)73-41-45-33-49(37-53(65(45)81)69(7,8)9)84-60(76)28-16-13-15-27-59(75)83-47/h19-26,31-42,79-82H,13-18,27-30H2,1-12H3. The van der Waals surface area contributed by atoms with Gasteiger partial charge in [-0.2, -0.15) is 0 Å². The molecule has 86 heavy (non-hydrogen) atoms. The first kappa shape index (κ1) is 64.6. The van der Waals surface area contributed by atoms with Gasteiger partial charge in [0.25, 0.3) is 0 Å². The number of hydrogen-bond acceptors (Lipinski definition) is 16. The van der Waals surface area contributed by atoms with E-state index in [0.717, 1.165) is 0 Å². The van der Waals surface area contributed by atoms with Crippen LogP contribution in [0.15, 0.2) is 117 Å². The van der Waals surface area contributed by atoms with Crippen LogP contribution in [0.5, 0.6) is 46.0 Å². The normalized spacial score (nSPS) is 15.2. The average molecular weight is 1170 g/mol. The maximum absolute atomic E-state index is 13.3. The highest BCUT2D eigenvalue weighted by Crippen LogP contribution is 2.42. The summed E-state index contributed by atoms with van der Waals surface area (Å²) in [7, 11) is 0. The summed E-state index contributed by atoms with van der Waals surface area (Å²) in [5.74, 6) is -1.28. The number of nitrogens with zero attached hydrogens (tertiary/aromatic N) is 4. The fraction of sp³-hybridized carbons (Fsp3) is 0.371. The number of rotatable bonds is 0. The van der Waals surface area contributed by atoms with E-state index in [4.69, 9.17) is 38.9 Å². The second-order valence-electron chi connectivity index (χ2n) is 25.7. The van der Waals surface area contributed by atoms with E-state index in [1.54, 1.807) is 72.8 Å². The molecule has 0 unspecified atom stereocenters. The molecule has 0 radical (unpaired) electrons. The SMILES string of the molecule is CC(C)(C)c1cc2cc(c1O)C=Nc1ccccc1N=Cc1cc(cc(C(C)(C)C)c1O)OC(=O)CCCCCC(=O)Oc1cc(c(O)c(C(C)(C)C)c1)C=Nc1ccccc1N=Cc1cc(cc(C(C)(C)C)c1O)OC(=O)CCCCCC(=O)O2. The number of aromatic hydroxyl groups is 4. The van der Waals surface area contributed by atoms with Gasteiger partial charge in [0.1, 0.15) is 46.0 Å². The van der Waals surface area contributed by atoms with Crippen LogP contribution >= 0.6 is 0 Å². The van der Waals surface area contributed by atoms with E-state index in [9.17, 15) is 39.6 Å². The summed E-state index contributed by atoms with van der Waals surface area (Å²) in [6, 6.07) is 26.8. The van der Waals surface area contributed by atoms with E-state index in [2.05, 4.69) is 0 Å². The van der Waals surface area contributed by atoms with Gasteiger partial charge in [0, 0.05) is 95.0 Å². The van der Waals surface area contributed by atoms with Crippen LogP contribution in [0.2, 0.25) is 0 Å². The van der Waals surface area contributed by atoms with E-state index in [-0.39, 0.29) is 71.7 Å². The van der Waals surface area contributed by atoms with Gasteiger partial charge < -0.3 is 39.4 Å². The maximum atomic E-state index is 13.3. The van der Waals surface area contributed by atoms with E-state index < -0.39 is 45.5 Å². The van der Waals surface area contributed by atoms with Gasteiger partial charge in [-0.3, -0.25) is 39.1 Å². The van der Waals surface area contributed by atoms with Gasteiger partial charge in [-0.05, 0) is 120 Å². The zero-order chi connectivity index (χ0) is 62.7. The molecule has 0 aromatic heterocycles. The third-order valence-corrected chi connectivity index (χ3v) is 14.3. The van der Waals surface area contributed by atoms with E-state index in [1.807, 2.05) is 83.1 Å². The lowest BCUT2D eigenvalue weighted by Gasteiger charge is -2.22. The predicted octanol–water partition coefficient (Wildman–Crippen LogP) is 15.9. The summed E-state index contributed by atoms with van der Waals surface area (Å²) in [6.07, 6.45) is 8.84. The Balaban J connectivity index is 1.19. The predicted molar refractivity (Wildman–Crippen MR) is 338 cm³/mol. The third-order valence-electron chi connectivity index (χ3n) is 14.3. The van der Waals surface area contributed by atoms with E-state index in [0.29, 0.717) is 106 Å². The van der Waals surface area contributed by atoms with Crippen molar-refractivity contribution in [2.45, 2.75) is 169 Å². The van der Waals surface area contributed by atoms with Gasteiger partial charge >= 0.3 is 23.9 Å². The molecule has 0 fully saturated rings. The van der Waals surface area contributed by atoms with Crippen molar-refractivity contribution < 1.29 is 58.6 Å². The lowest BCUT2D eigenvalue weighted by Crippen LogP contribution is -2.14. The fourth-order valence-electron chi connectivity index (χ4n) is 9.52. The zero-order valence-corrected chi connectivity index (χ0v) is 51.5. The van der Waals surface area contributed by atoms with Gasteiger partial charge in [-0.25, -0.2) is 0 Å². The highest BCUT2D eigenvalue weighted by atomic mass is 16.5. The molecule has 452 valence electrons. The molecule has 1 aliphatic heterocycles. The Kier molecular flexibility index (Phi) is 20.6. The number of hydrogen-bond donors (Lipinski definition) is 4. The summed E-state index contributed by atoms with van der Waals surface area (Å²) in [5, 5.41) is 46.2. The Labute approximate surface area is 504 Å². The smallest absolute Gasteiger partial charge is 0.311 e. The van der Waals surface area contributed by atoms with E-state index in [1.165, 1.54) is 49.1 Å². The van der Waals surface area contributed by atoms with Crippen molar-refractivity contribution in [3.05, 3.63) is 142 Å². The van der Waals surface area contributed by atoms with Crippen LogP contribution in [0, 0.1) is 0 Å². The Hall–Kier alpha value is -8.92. The lowest BCUT2D eigenvalue weighted by atomic mass is 9.85. The quantitative estimate of drug-likeness (QED) is 0.0821. The number of phenolic OH excluding ortho intramolecular Hbond substituents is 4. The minimum absolute atomic E-state index is 0.0395. The molecule has 0 saturated heterocycles. The molecule has 8 bridgehead atoms.